The number of rotatable bonds is 4. The molecule has 1 saturated heterocycles. The van der Waals surface area contributed by atoms with Gasteiger partial charge in [-0.15, -0.1) is 0 Å². The summed E-state index contributed by atoms with van der Waals surface area (Å²) in [6.07, 6.45) is 0. The number of nitrogens with one attached hydrogen (secondary N) is 1. The van der Waals surface area contributed by atoms with E-state index >= 15 is 0 Å². The number of hydrogen-bond acceptors (Lipinski definition) is 5. The number of carbonyl (C=O) groups excluding carboxylic acids is 1. The maximum atomic E-state index is 11.4. The Bertz CT molecular complexity index is 495. The molecule has 0 aromatic carbocycles. The van der Waals surface area contributed by atoms with Crippen LogP contribution >= 0.6 is 0 Å². The number of nitrogens with zero attached hydrogens (tertiary/aromatic N) is 4. The van der Waals surface area contributed by atoms with E-state index in [1.54, 1.807) is 6.92 Å². The molecule has 2 rings (SSSR count). The summed E-state index contributed by atoms with van der Waals surface area (Å²) in [7, 11) is 0. The average molecular weight is 291 g/mol. The Morgan fingerprint density at radius 3 is 2.52 bits per heavy atom. The molecule has 21 heavy (non-hydrogen) atoms. The van der Waals surface area contributed by atoms with Crippen molar-refractivity contribution in [3.8, 4) is 0 Å². The molecule has 2 heterocycles. The Balaban J connectivity index is 2.04. The summed E-state index contributed by atoms with van der Waals surface area (Å²) in [5.41, 5.74) is 0. The molecule has 1 N–H and O–H groups in total. The van der Waals surface area contributed by atoms with E-state index in [0.717, 1.165) is 50.2 Å². The van der Waals surface area contributed by atoms with Crippen LogP contribution in [-0.4, -0.2) is 53.5 Å². The standard InChI is InChI=1S/C15H25N5O/c1-11(2)10-16-14-9-15(18-12(3)17-14)20-7-5-19(6-8-20)13(4)21/h9,11H,5-8,10H2,1-4H3,(H,16,17,18). The van der Waals surface area contributed by atoms with E-state index in [2.05, 4.69) is 34.0 Å². The summed E-state index contributed by atoms with van der Waals surface area (Å²) in [4.78, 5) is 24.4. The number of carbonyl (C=O) groups is 1. The normalized spacial score (nSPS) is 15.5. The molecule has 1 aliphatic rings. The number of hydrogen-bond donors (Lipinski definition) is 1. The fourth-order valence-electron chi connectivity index (χ4n) is 2.36. The monoisotopic (exact) mass is 291 g/mol. The number of piperazine rings is 1. The van der Waals surface area contributed by atoms with E-state index in [9.17, 15) is 4.79 Å². The lowest BCUT2D eigenvalue weighted by Crippen LogP contribution is -2.48. The summed E-state index contributed by atoms with van der Waals surface area (Å²) in [6, 6.07) is 2.00. The van der Waals surface area contributed by atoms with Crippen molar-refractivity contribution in [2.75, 3.05) is 42.9 Å². The molecule has 116 valence electrons. The molecule has 0 unspecified atom stereocenters. The zero-order valence-corrected chi connectivity index (χ0v) is 13.4. The minimum absolute atomic E-state index is 0.146. The Hall–Kier alpha value is -1.85. The summed E-state index contributed by atoms with van der Waals surface area (Å²) in [6.45, 7) is 11.9. The first-order valence-electron chi connectivity index (χ1n) is 7.55. The fraction of sp³-hybridized carbons (Fsp3) is 0.667. The van der Waals surface area contributed by atoms with Crippen molar-refractivity contribution in [3.05, 3.63) is 11.9 Å². The minimum atomic E-state index is 0.146. The van der Waals surface area contributed by atoms with E-state index in [0.29, 0.717) is 5.92 Å². The molecule has 0 aliphatic carbocycles. The lowest BCUT2D eigenvalue weighted by atomic mass is 10.2. The summed E-state index contributed by atoms with van der Waals surface area (Å²) < 4.78 is 0. The fourth-order valence-corrected chi connectivity index (χ4v) is 2.36. The molecule has 0 bridgehead atoms. The first-order chi connectivity index (χ1) is 9.95. The topological polar surface area (TPSA) is 61.4 Å². The molecular formula is C15H25N5O. The third-order valence-electron chi connectivity index (χ3n) is 3.56. The lowest BCUT2D eigenvalue weighted by molar-refractivity contribution is -0.129. The van der Waals surface area contributed by atoms with Gasteiger partial charge in [-0.05, 0) is 12.8 Å². The number of amides is 1. The van der Waals surface area contributed by atoms with Crippen LogP contribution in [0.4, 0.5) is 11.6 Å². The zero-order chi connectivity index (χ0) is 15.4. The molecule has 1 aliphatic heterocycles. The van der Waals surface area contributed by atoms with Gasteiger partial charge < -0.3 is 15.1 Å². The average Bonchev–Trinajstić information content (AvgIpc) is 2.44. The van der Waals surface area contributed by atoms with Crippen LogP contribution in [0.2, 0.25) is 0 Å². The summed E-state index contributed by atoms with van der Waals surface area (Å²) >= 11 is 0. The van der Waals surface area contributed by atoms with Gasteiger partial charge in [0.2, 0.25) is 5.91 Å². The predicted octanol–water partition coefficient (Wildman–Crippen LogP) is 1.52. The van der Waals surface area contributed by atoms with E-state index in [4.69, 9.17) is 0 Å². The molecular weight excluding hydrogens is 266 g/mol. The molecule has 1 fully saturated rings. The van der Waals surface area contributed by atoms with Gasteiger partial charge in [-0.2, -0.15) is 0 Å². The Kier molecular flexibility index (Phi) is 4.98. The lowest BCUT2D eigenvalue weighted by Gasteiger charge is -2.35. The second kappa shape index (κ2) is 6.74. The zero-order valence-electron chi connectivity index (χ0n) is 13.4. The molecule has 1 aromatic heterocycles. The quantitative estimate of drug-likeness (QED) is 0.911. The van der Waals surface area contributed by atoms with Gasteiger partial charge in [0.25, 0.3) is 0 Å². The predicted molar refractivity (Wildman–Crippen MR) is 84.6 cm³/mol. The Morgan fingerprint density at radius 2 is 1.95 bits per heavy atom. The molecule has 0 spiro atoms. The van der Waals surface area contributed by atoms with Crippen LogP contribution in [0.25, 0.3) is 0 Å². The largest absolute Gasteiger partial charge is 0.370 e. The molecule has 0 saturated carbocycles. The van der Waals surface area contributed by atoms with E-state index < -0.39 is 0 Å². The molecule has 0 atom stereocenters. The highest BCUT2D eigenvalue weighted by atomic mass is 16.2. The van der Waals surface area contributed by atoms with Crippen molar-refractivity contribution in [1.29, 1.82) is 0 Å². The first-order valence-corrected chi connectivity index (χ1v) is 7.55. The molecule has 0 radical (unpaired) electrons. The number of anilines is 2. The SMILES string of the molecule is CC(=O)N1CCN(c2cc(NCC(C)C)nc(C)n2)CC1. The Morgan fingerprint density at radius 1 is 1.29 bits per heavy atom. The molecule has 1 amide bonds. The third kappa shape index (κ3) is 4.31. The van der Waals surface area contributed by atoms with E-state index in [1.165, 1.54) is 0 Å². The third-order valence-corrected chi connectivity index (χ3v) is 3.56. The van der Waals surface area contributed by atoms with Crippen molar-refractivity contribution in [2.45, 2.75) is 27.7 Å². The second-order valence-electron chi connectivity index (χ2n) is 5.93. The number of aryl methyl sites for hydroxylation is 1. The first kappa shape index (κ1) is 15.5. The second-order valence-corrected chi connectivity index (χ2v) is 5.93. The Labute approximate surface area is 126 Å². The van der Waals surface area contributed by atoms with Crippen molar-refractivity contribution in [2.24, 2.45) is 5.92 Å². The minimum Gasteiger partial charge on any atom is -0.370 e. The maximum Gasteiger partial charge on any atom is 0.219 e. The summed E-state index contributed by atoms with van der Waals surface area (Å²) in [5, 5.41) is 3.35. The van der Waals surface area contributed by atoms with Crippen molar-refractivity contribution < 1.29 is 4.79 Å². The van der Waals surface area contributed by atoms with Gasteiger partial charge in [-0.25, -0.2) is 9.97 Å². The highest BCUT2D eigenvalue weighted by Crippen LogP contribution is 2.18. The van der Waals surface area contributed by atoms with Crippen LogP contribution in [0.1, 0.15) is 26.6 Å². The van der Waals surface area contributed by atoms with Crippen LogP contribution in [-0.2, 0) is 4.79 Å². The molecule has 6 heteroatoms. The summed E-state index contributed by atoms with van der Waals surface area (Å²) in [5.74, 6) is 3.31. The van der Waals surface area contributed by atoms with E-state index in [-0.39, 0.29) is 5.91 Å². The van der Waals surface area contributed by atoms with Crippen LogP contribution in [0, 0.1) is 12.8 Å². The highest BCUT2D eigenvalue weighted by Gasteiger charge is 2.20. The smallest absolute Gasteiger partial charge is 0.219 e. The maximum absolute atomic E-state index is 11.4. The molecule has 6 nitrogen and oxygen atoms in total. The van der Waals surface area contributed by atoms with Gasteiger partial charge in [0.15, 0.2) is 0 Å². The van der Waals surface area contributed by atoms with Gasteiger partial charge >= 0.3 is 0 Å². The van der Waals surface area contributed by atoms with Gasteiger partial charge in [0.1, 0.15) is 17.5 Å². The van der Waals surface area contributed by atoms with Crippen molar-refractivity contribution in [3.63, 3.8) is 0 Å². The van der Waals surface area contributed by atoms with Crippen molar-refractivity contribution in [1.82, 2.24) is 14.9 Å². The van der Waals surface area contributed by atoms with Gasteiger partial charge in [-0.1, -0.05) is 13.8 Å². The van der Waals surface area contributed by atoms with Gasteiger partial charge in [0, 0.05) is 45.7 Å². The number of aromatic nitrogens is 2. The van der Waals surface area contributed by atoms with Crippen LogP contribution < -0.4 is 10.2 Å². The van der Waals surface area contributed by atoms with Crippen LogP contribution in [0.3, 0.4) is 0 Å². The van der Waals surface area contributed by atoms with E-state index in [1.807, 2.05) is 17.9 Å². The highest BCUT2D eigenvalue weighted by molar-refractivity contribution is 5.73. The van der Waals surface area contributed by atoms with Crippen molar-refractivity contribution >= 4 is 17.5 Å². The van der Waals surface area contributed by atoms with Crippen LogP contribution in [0.15, 0.2) is 6.07 Å². The van der Waals surface area contributed by atoms with Gasteiger partial charge in [-0.3, -0.25) is 4.79 Å². The molecule has 1 aromatic rings. The van der Waals surface area contributed by atoms with Crippen LogP contribution in [0.5, 0.6) is 0 Å². The van der Waals surface area contributed by atoms with Gasteiger partial charge in [0.05, 0.1) is 0 Å².